The Kier molecular flexibility index (Phi) is 7.32. The quantitative estimate of drug-likeness (QED) is 0.255. The van der Waals surface area contributed by atoms with Gasteiger partial charge >= 0.3 is 5.97 Å². The lowest BCUT2D eigenvalue weighted by atomic mass is 10.2. The molecule has 0 unspecified atom stereocenters. The zero-order valence-electron chi connectivity index (χ0n) is 19.3. The molecule has 1 aliphatic rings. The third kappa shape index (κ3) is 5.34. The van der Waals surface area contributed by atoms with Gasteiger partial charge in [-0.15, -0.1) is 0 Å². The number of carbonyl (C=O) groups is 2. The van der Waals surface area contributed by atoms with Crippen molar-refractivity contribution < 1.29 is 32.4 Å². The van der Waals surface area contributed by atoms with E-state index in [1.165, 1.54) is 35.7 Å². The molecule has 0 bridgehead atoms. The van der Waals surface area contributed by atoms with E-state index in [-0.39, 0.29) is 39.2 Å². The minimum absolute atomic E-state index is 0.0338. The molecular formula is C24H20ClN3O8S. The fourth-order valence-electron chi connectivity index (χ4n) is 3.81. The van der Waals surface area contributed by atoms with Crippen LogP contribution < -0.4 is 14.4 Å². The molecule has 11 nitrogen and oxygen atoms in total. The van der Waals surface area contributed by atoms with Crippen LogP contribution in [0, 0.1) is 10.1 Å². The summed E-state index contributed by atoms with van der Waals surface area (Å²) in [6.45, 7) is -0.509. The number of para-hydroxylation sites is 1. The van der Waals surface area contributed by atoms with Gasteiger partial charge in [-0.05, 0) is 42.3 Å². The van der Waals surface area contributed by atoms with Gasteiger partial charge < -0.3 is 14.8 Å². The Morgan fingerprint density at radius 2 is 1.89 bits per heavy atom. The molecule has 0 radical (unpaired) electrons. The second kappa shape index (κ2) is 10.4. The van der Waals surface area contributed by atoms with Crippen LogP contribution in [0.4, 0.5) is 17.1 Å². The van der Waals surface area contributed by atoms with Gasteiger partial charge in [0, 0.05) is 18.7 Å². The standard InChI is InChI=1S/C24H20ClN3O8S/c1-35-22-9-7-17(37(33,34)27-11-10-15-4-2-3-5-21(15)27)13-18(22)24(30)36-14-23(29)26-20-12-16(28(31)32)6-8-19(20)25/h2-9,12-13H,10-11,14H2,1H3,(H,26,29). The summed E-state index contributed by atoms with van der Waals surface area (Å²) in [7, 11) is -2.70. The van der Waals surface area contributed by atoms with E-state index >= 15 is 0 Å². The molecule has 3 aromatic rings. The molecule has 0 saturated heterocycles. The third-order valence-electron chi connectivity index (χ3n) is 5.59. The molecule has 0 saturated carbocycles. The molecule has 13 heteroatoms. The van der Waals surface area contributed by atoms with Gasteiger partial charge in [-0.3, -0.25) is 19.2 Å². The van der Waals surface area contributed by atoms with Crippen molar-refractivity contribution in [3.8, 4) is 5.75 Å². The lowest BCUT2D eigenvalue weighted by Crippen LogP contribution is -2.29. The van der Waals surface area contributed by atoms with Gasteiger partial charge in [0.2, 0.25) is 0 Å². The zero-order chi connectivity index (χ0) is 26.7. The molecule has 0 atom stereocenters. The summed E-state index contributed by atoms with van der Waals surface area (Å²) in [6.07, 6.45) is 0.560. The van der Waals surface area contributed by atoms with Crippen molar-refractivity contribution in [2.75, 3.05) is 29.9 Å². The molecule has 1 N–H and O–H groups in total. The van der Waals surface area contributed by atoms with E-state index in [1.807, 2.05) is 12.1 Å². The van der Waals surface area contributed by atoms with Crippen molar-refractivity contribution >= 4 is 50.6 Å². The van der Waals surface area contributed by atoms with Gasteiger partial charge in [0.25, 0.3) is 21.6 Å². The van der Waals surface area contributed by atoms with Crippen LogP contribution in [0.25, 0.3) is 0 Å². The molecule has 0 spiro atoms. The van der Waals surface area contributed by atoms with E-state index < -0.39 is 33.4 Å². The second-order valence-corrected chi connectivity index (χ2v) is 10.1. The summed E-state index contributed by atoms with van der Waals surface area (Å²) >= 11 is 5.97. The van der Waals surface area contributed by atoms with Crippen LogP contribution in [-0.4, -0.2) is 45.5 Å². The molecule has 37 heavy (non-hydrogen) atoms. The number of esters is 1. The first-order chi connectivity index (χ1) is 17.6. The molecule has 0 fully saturated rings. The maximum Gasteiger partial charge on any atom is 0.342 e. The molecule has 192 valence electrons. The minimum Gasteiger partial charge on any atom is -0.496 e. The van der Waals surface area contributed by atoms with Crippen molar-refractivity contribution in [1.82, 2.24) is 0 Å². The lowest BCUT2D eigenvalue weighted by molar-refractivity contribution is -0.384. The number of ether oxygens (including phenoxy) is 2. The largest absolute Gasteiger partial charge is 0.496 e. The van der Waals surface area contributed by atoms with Gasteiger partial charge in [-0.25, -0.2) is 13.2 Å². The number of amides is 1. The molecule has 1 amide bonds. The van der Waals surface area contributed by atoms with Crippen LogP contribution in [0.15, 0.2) is 65.6 Å². The number of nitro benzene ring substituents is 1. The van der Waals surface area contributed by atoms with Gasteiger partial charge in [0.05, 0.1) is 33.3 Å². The third-order valence-corrected chi connectivity index (χ3v) is 7.73. The normalized spacial score (nSPS) is 12.5. The average Bonchev–Trinajstić information content (AvgIpc) is 3.33. The second-order valence-electron chi connectivity index (χ2n) is 7.86. The van der Waals surface area contributed by atoms with Crippen LogP contribution >= 0.6 is 11.6 Å². The van der Waals surface area contributed by atoms with Crippen LogP contribution in [0.1, 0.15) is 15.9 Å². The number of fused-ring (bicyclic) bond motifs is 1. The number of methoxy groups -OCH3 is 1. The predicted molar refractivity (Wildman–Crippen MR) is 135 cm³/mol. The van der Waals surface area contributed by atoms with Crippen molar-refractivity contribution in [3.63, 3.8) is 0 Å². The molecule has 1 aliphatic heterocycles. The number of nitrogens with zero attached hydrogens (tertiary/aromatic N) is 2. The highest BCUT2D eigenvalue weighted by molar-refractivity contribution is 7.92. The number of hydrogen-bond acceptors (Lipinski definition) is 8. The number of hydrogen-bond donors (Lipinski definition) is 1. The molecule has 1 heterocycles. The SMILES string of the molecule is COc1ccc(S(=O)(=O)N2CCc3ccccc32)cc1C(=O)OCC(=O)Nc1cc([N+](=O)[O-])ccc1Cl. The summed E-state index contributed by atoms with van der Waals surface area (Å²) < 4.78 is 38.2. The van der Waals surface area contributed by atoms with Crippen LogP contribution in [0.3, 0.4) is 0 Å². The Balaban J connectivity index is 1.51. The Morgan fingerprint density at radius 1 is 1.14 bits per heavy atom. The highest BCUT2D eigenvalue weighted by Crippen LogP contribution is 2.34. The van der Waals surface area contributed by atoms with Gasteiger partial charge in [0.15, 0.2) is 6.61 Å². The highest BCUT2D eigenvalue weighted by Gasteiger charge is 2.32. The summed E-state index contributed by atoms with van der Waals surface area (Å²) in [5.41, 5.74) is 0.943. The van der Waals surface area contributed by atoms with E-state index in [4.69, 9.17) is 21.1 Å². The number of benzene rings is 3. The molecular weight excluding hydrogens is 526 g/mol. The first kappa shape index (κ1) is 25.9. The van der Waals surface area contributed by atoms with E-state index in [0.717, 1.165) is 17.7 Å². The number of carbonyl (C=O) groups excluding carboxylic acids is 2. The summed E-state index contributed by atoms with van der Waals surface area (Å²) in [5.74, 6) is -1.77. The van der Waals surface area contributed by atoms with Crippen LogP contribution in [0.5, 0.6) is 5.75 Å². The highest BCUT2D eigenvalue weighted by atomic mass is 35.5. The Labute approximate surface area is 216 Å². The fraction of sp³-hybridized carbons (Fsp3) is 0.167. The first-order valence-corrected chi connectivity index (χ1v) is 12.6. The topological polar surface area (TPSA) is 145 Å². The summed E-state index contributed by atoms with van der Waals surface area (Å²) in [4.78, 5) is 35.2. The van der Waals surface area contributed by atoms with Gasteiger partial charge in [0.1, 0.15) is 11.3 Å². The zero-order valence-corrected chi connectivity index (χ0v) is 20.9. The fourth-order valence-corrected chi connectivity index (χ4v) is 5.50. The predicted octanol–water partition coefficient (Wildman–Crippen LogP) is 3.80. The number of rotatable bonds is 8. The summed E-state index contributed by atoms with van der Waals surface area (Å²) in [5, 5.41) is 13.3. The monoisotopic (exact) mass is 545 g/mol. The van der Waals surface area contributed by atoms with Crippen molar-refractivity contribution in [2.24, 2.45) is 0 Å². The molecule has 0 aliphatic carbocycles. The number of non-ortho nitro benzene ring substituents is 1. The number of halogens is 1. The van der Waals surface area contributed by atoms with Crippen molar-refractivity contribution in [3.05, 3.63) is 86.9 Å². The maximum atomic E-state index is 13.4. The van der Waals surface area contributed by atoms with E-state index in [9.17, 15) is 28.1 Å². The lowest BCUT2D eigenvalue weighted by Gasteiger charge is -2.20. The number of sulfonamides is 1. The van der Waals surface area contributed by atoms with E-state index in [0.29, 0.717) is 12.1 Å². The number of nitrogens with one attached hydrogen (secondary N) is 1. The number of anilines is 2. The van der Waals surface area contributed by atoms with Gasteiger partial charge in [-0.1, -0.05) is 29.8 Å². The minimum atomic E-state index is -4.00. The van der Waals surface area contributed by atoms with E-state index in [1.54, 1.807) is 12.1 Å². The number of nitro groups is 1. The van der Waals surface area contributed by atoms with Crippen LogP contribution in [0.2, 0.25) is 5.02 Å². The van der Waals surface area contributed by atoms with Crippen LogP contribution in [-0.2, 0) is 26.0 Å². The van der Waals surface area contributed by atoms with E-state index in [2.05, 4.69) is 5.32 Å². The van der Waals surface area contributed by atoms with Crippen molar-refractivity contribution in [2.45, 2.75) is 11.3 Å². The Bertz CT molecular complexity index is 1510. The maximum absolute atomic E-state index is 13.4. The van der Waals surface area contributed by atoms with Crippen molar-refractivity contribution in [1.29, 1.82) is 0 Å². The molecule has 3 aromatic carbocycles. The average molecular weight is 546 g/mol. The van der Waals surface area contributed by atoms with Gasteiger partial charge in [-0.2, -0.15) is 0 Å². The Hall–Kier alpha value is -4.16. The Morgan fingerprint density at radius 3 is 2.62 bits per heavy atom. The molecule has 4 rings (SSSR count). The summed E-state index contributed by atoms with van der Waals surface area (Å²) in [6, 6.07) is 14.4. The first-order valence-electron chi connectivity index (χ1n) is 10.8. The molecule has 0 aromatic heterocycles. The smallest absolute Gasteiger partial charge is 0.342 e.